The van der Waals surface area contributed by atoms with Crippen molar-refractivity contribution in [2.75, 3.05) is 18.6 Å². The highest BCUT2D eigenvalue weighted by Crippen LogP contribution is 2.19. The van der Waals surface area contributed by atoms with Crippen LogP contribution in [0.15, 0.2) is 18.3 Å². The molecule has 1 N–H and O–H groups in total. The Labute approximate surface area is 110 Å². The van der Waals surface area contributed by atoms with Crippen molar-refractivity contribution in [2.24, 2.45) is 0 Å². The molecule has 1 rings (SSSR count). The van der Waals surface area contributed by atoms with Gasteiger partial charge in [-0.2, -0.15) is 0 Å². The molecule has 102 valence electrons. The number of pyridine rings is 1. The topological polar surface area (TPSA) is 59.1 Å². The first-order valence-electron chi connectivity index (χ1n) is 6.32. The number of hydrogen-bond acceptors (Lipinski definition) is 4. The third kappa shape index (κ3) is 4.74. The molecule has 0 bridgehead atoms. The molecular weight excluding hydrogens is 248 g/mol. The van der Waals surface area contributed by atoms with Gasteiger partial charge in [0, 0.05) is 12.5 Å². The molecule has 0 aliphatic carbocycles. The second kappa shape index (κ2) is 6.85. The summed E-state index contributed by atoms with van der Waals surface area (Å²) < 4.78 is 22.6. The van der Waals surface area contributed by atoms with E-state index in [1.165, 1.54) is 11.8 Å². The maximum Gasteiger partial charge on any atom is 0.147 e. The van der Waals surface area contributed by atoms with E-state index in [4.69, 9.17) is 0 Å². The van der Waals surface area contributed by atoms with E-state index < -0.39 is 9.84 Å². The van der Waals surface area contributed by atoms with E-state index in [-0.39, 0.29) is 11.8 Å². The zero-order valence-corrected chi connectivity index (χ0v) is 12.1. The molecule has 1 atom stereocenters. The summed E-state index contributed by atoms with van der Waals surface area (Å²) in [6.07, 6.45) is 4.51. The average molecular weight is 270 g/mol. The minimum atomic E-state index is -2.93. The monoisotopic (exact) mass is 270 g/mol. The summed E-state index contributed by atoms with van der Waals surface area (Å²) >= 11 is 0. The fourth-order valence-electron chi connectivity index (χ4n) is 1.98. The van der Waals surface area contributed by atoms with Gasteiger partial charge < -0.3 is 5.32 Å². The number of rotatable bonds is 7. The quantitative estimate of drug-likeness (QED) is 0.819. The summed E-state index contributed by atoms with van der Waals surface area (Å²) in [4.78, 5) is 4.41. The molecule has 0 amide bonds. The van der Waals surface area contributed by atoms with Crippen LogP contribution >= 0.6 is 0 Å². The van der Waals surface area contributed by atoms with Crippen molar-refractivity contribution in [3.63, 3.8) is 0 Å². The fourth-order valence-corrected chi connectivity index (χ4v) is 2.64. The van der Waals surface area contributed by atoms with Crippen molar-refractivity contribution in [1.29, 1.82) is 0 Å². The van der Waals surface area contributed by atoms with Crippen molar-refractivity contribution in [3.8, 4) is 0 Å². The van der Waals surface area contributed by atoms with Crippen LogP contribution in [0.1, 0.15) is 37.6 Å². The van der Waals surface area contributed by atoms with Gasteiger partial charge in [-0.1, -0.05) is 19.9 Å². The Hall–Kier alpha value is -0.940. The third-order valence-electron chi connectivity index (χ3n) is 2.86. The summed E-state index contributed by atoms with van der Waals surface area (Å²) in [5.41, 5.74) is 2.16. The lowest BCUT2D eigenvalue weighted by molar-refractivity contribution is 0.515. The van der Waals surface area contributed by atoms with Crippen LogP contribution < -0.4 is 5.32 Å². The lowest BCUT2D eigenvalue weighted by Gasteiger charge is -2.19. The Morgan fingerprint density at radius 3 is 2.67 bits per heavy atom. The highest BCUT2D eigenvalue weighted by atomic mass is 32.2. The number of nitrogens with one attached hydrogen (secondary N) is 1. The summed E-state index contributed by atoms with van der Waals surface area (Å²) in [5, 5.41) is 3.32. The molecule has 1 aromatic heterocycles. The van der Waals surface area contributed by atoms with E-state index in [0.717, 1.165) is 18.7 Å². The molecule has 0 fully saturated rings. The van der Waals surface area contributed by atoms with Crippen LogP contribution in [-0.4, -0.2) is 32.0 Å². The second-order valence-corrected chi connectivity index (χ2v) is 6.69. The first kappa shape index (κ1) is 15.1. The first-order valence-corrected chi connectivity index (χ1v) is 8.38. The molecule has 0 saturated carbocycles. The highest BCUT2D eigenvalue weighted by molar-refractivity contribution is 7.90. The summed E-state index contributed by atoms with van der Waals surface area (Å²) in [6.45, 7) is 4.90. The predicted octanol–water partition coefficient (Wildman–Crippen LogP) is 1.73. The Bertz CT molecular complexity index is 472. The van der Waals surface area contributed by atoms with Gasteiger partial charge in [0.25, 0.3) is 0 Å². The normalized spacial score (nSPS) is 13.5. The van der Waals surface area contributed by atoms with Crippen LogP contribution in [0.4, 0.5) is 0 Å². The van der Waals surface area contributed by atoms with Crippen molar-refractivity contribution in [3.05, 3.63) is 29.6 Å². The van der Waals surface area contributed by atoms with Crippen LogP contribution in [0.25, 0.3) is 0 Å². The van der Waals surface area contributed by atoms with Gasteiger partial charge in [-0.05, 0) is 31.0 Å². The van der Waals surface area contributed by atoms with Crippen molar-refractivity contribution in [1.82, 2.24) is 10.3 Å². The molecule has 1 unspecified atom stereocenters. The Kier molecular flexibility index (Phi) is 5.75. The van der Waals surface area contributed by atoms with E-state index in [1.54, 1.807) is 6.20 Å². The van der Waals surface area contributed by atoms with Crippen LogP contribution in [0.5, 0.6) is 0 Å². The molecule has 0 radical (unpaired) electrons. The van der Waals surface area contributed by atoms with Gasteiger partial charge in [-0.15, -0.1) is 0 Å². The molecule has 0 aromatic carbocycles. The summed E-state index contributed by atoms with van der Waals surface area (Å²) in [5.74, 6) is 0.185. The third-order valence-corrected chi connectivity index (χ3v) is 3.84. The summed E-state index contributed by atoms with van der Waals surface area (Å²) in [6, 6.07) is 3.98. The highest BCUT2D eigenvalue weighted by Gasteiger charge is 2.17. The van der Waals surface area contributed by atoms with Gasteiger partial charge in [0.15, 0.2) is 0 Å². The second-order valence-electron chi connectivity index (χ2n) is 4.43. The van der Waals surface area contributed by atoms with Crippen molar-refractivity contribution < 1.29 is 8.42 Å². The van der Waals surface area contributed by atoms with Gasteiger partial charge >= 0.3 is 0 Å². The van der Waals surface area contributed by atoms with Crippen LogP contribution in [-0.2, 0) is 16.3 Å². The average Bonchev–Trinajstić information content (AvgIpc) is 2.33. The standard InChI is InChI=1S/C13H22N2O2S/c1-4-11-7-6-9-15-13(11)12(14-5-2)8-10-18(3,16)17/h6-7,9,12,14H,4-5,8,10H2,1-3H3. The van der Waals surface area contributed by atoms with E-state index in [1.807, 2.05) is 19.1 Å². The van der Waals surface area contributed by atoms with Gasteiger partial charge in [-0.25, -0.2) is 8.42 Å². The SMILES string of the molecule is CCNC(CCS(C)(=O)=O)c1ncccc1CC. The molecule has 0 aliphatic rings. The number of aromatic nitrogens is 1. The zero-order chi connectivity index (χ0) is 13.6. The molecule has 1 heterocycles. The number of nitrogens with zero attached hydrogens (tertiary/aromatic N) is 1. The Morgan fingerprint density at radius 2 is 2.11 bits per heavy atom. The minimum absolute atomic E-state index is 0.0147. The van der Waals surface area contributed by atoms with Gasteiger partial charge in [-0.3, -0.25) is 4.98 Å². The Morgan fingerprint density at radius 1 is 1.39 bits per heavy atom. The molecule has 0 aliphatic heterocycles. The van der Waals surface area contributed by atoms with E-state index in [2.05, 4.69) is 17.2 Å². The van der Waals surface area contributed by atoms with Crippen LogP contribution in [0.2, 0.25) is 0 Å². The molecule has 5 heteroatoms. The number of aryl methyl sites for hydroxylation is 1. The predicted molar refractivity (Wildman–Crippen MR) is 74.4 cm³/mol. The minimum Gasteiger partial charge on any atom is -0.309 e. The largest absolute Gasteiger partial charge is 0.309 e. The fraction of sp³-hybridized carbons (Fsp3) is 0.615. The molecule has 4 nitrogen and oxygen atoms in total. The number of hydrogen-bond donors (Lipinski definition) is 1. The van der Waals surface area contributed by atoms with Crippen molar-refractivity contribution in [2.45, 2.75) is 32.7 Å². The van der Waals surface area contributed by atoms with Crippen LogP contribution in [0, 0.1) is 0 Å². The van der Waals surface area contributed by atoms with E-state index in [9.17, 15) is 8.42 Å². The van der Waals surface area contributed by atoms with Crippen LogP contribution in [0.3, 0.4) is 0 Å². The first-order chi connectivity index (χ1) is 8.48. The lowest BCUT2D eigenvalue weighted by atomic mass is 10.0. The van der Waals surface area contributed by atoms with Crippen molar-refractivity contribution >= 4 is 9.84 Å². The molecule has 0 saturated heterocycles. The van der Waals surface area contributed by atoms with E-state index >= 15 is 0 Å². The maximum atomic E-state index is 11.3. The molecule has 0 spiro atoms. The molecular formula is C13H22N2O2S. The van der Waals surface area contributed by atoms with E-state index in [0.29, 0.717) is 6.42 Å². The number of sulfone groups is 1. The van der Waals surface area contributed by atoms with Gasteiger partial charge in [0.1, 0.15) is 9.84 Å². The zero-order valence-electron chi connectivity index (χ0n) is 11.3. The Balaban J connectivity index is 2.89. The smallest absolute Gasteiger partial charge is 0.147 e. The summed E-state index contributed by atoms with van der Waals surface area (Å²) in [7, 11) is -2.93. The van der Waals surface area contributed by atoms with Gasteiger partial charge in [0.05, 0.1) is 17.5 Å². The maximum absolute atomic E-state index is 11.3. The van der Waals surface area contributed by atoms with Gasteiger partial charge in [0.2, 0.25) is 0 Å². The molecule has 1 aromatic rings. The molecule has 18 heavy (non-hydrogen) atoms. The lowest BCUT2D eigenvalue weighted by Crippen LogP contribution is -2.25.